The lowest BCUT2D eigenvalue weighted by atomic mass is 10.1. The zero-order valence-corrected chi connectivity index (χ0v) is 16.1. The Kier molecular flexibility index (Phi) is 5.89. The summed E-state index contributed by atoms with van der Waals surface area (Å²) in [6, 6.07) is 16.0. The molecule has 0 aliphatic rings. The van der Waals surface area contributed by atoms with Crippen molar-refractivity contribution in [2.45, 2.75) is 20.8 Å². The third-order valence-electron chi connectivity index (χ3n) is 4.51. The van der Waals surface area contributed by atoms with Gasteiger partial charge in [-0.3, -0.25) is 0 Å². The largest absolute Gasteiger partial charge is 0.422 e. The van der Waals surface area contributed by atoms with Gasteiger partial charge in [0.2, 0.25) is 0 Å². The third kappa shape index (κ3) is 4.11. The Labute approximate surface area is 163 Å². The second-order valence-corrected chi connectivity index (χ2v) is 6.26. The standard InChI is InChI=1S/C22H22N2O4/c1-4-24(5-2)18-12-11-17-13-19(22(26)27-20(17)14-18)15(3)23-28-21(25)16-9-7-6-8-10-16/h6-14H,4-5H2,1-3H3/b23-15+. The number of carbonyl (C=O) groups excluding carboxylic acids is 1. The summed E-state index contributed by atoms with van der Waals surface area (Å²) in [5, 5.41) is 4.58. The first kappa shape index (κ1) is 19.4. The number of nitrogens with zero attached hydrogens (tertiary/aromatic N) is 2. The SMILES string of the molecule is CCN(CC)c1ccc2cc(/C(C)=N/OC(=O)c3ccccc3)c(=O)oc2c1. The predicted molar refractivity (Wildman–Crippen MR) is 110 cm³/mol. The van der Waals surface area contributed by atoms with Crippen molar-refractivity contribution in [3.63, 3.8) is 0 Å². The van der Waals surface area contributed by atoms with Crippen molar-refractivity contribution in [1.82, 2.24) is 0 Å². The van der Waals surface area contributed by atoms with Gasteiger partial charge in [-0.05, 0) is 51.1 Å². The van der Waals surface area contributed by atoms with Crippen LogP contribution in [0.2, 0.25) is 0 Å². The van der Waals surface area contributed by atoms with Gasteiger partial charge in [-0.25, -0.2) is 9.59 Å². The Morgan fingerprint density at radius 1 is 1.07 bits per heavy atom. The summed E-state index contributed by atoms with van der Waals surface area (Å²) in [7, 11) is 0. The van der Waals surface area contributed by atoms with Gasteiger partial charge in [-0.2, -0.15) is 0 Å². The van der Waals surface area contributed by atoms with Crippen LogP contribution >= 0.6 is 0 Å². The number of oxime groups is 1. The molecule has 0 fully saturated rings. The molecule has 0 amide bonds. The fourth-order valence-electron chi connectivity index (χ4n) is 2.92. The molecule has 0 radical (unpaired) electrons. The van der Waals surface area contributed by atoms with Gasteiger partial charge >= 0.3 is 11.6 Å². The zero-order valence-electron chi connectivity index (χ0n) is 16.1. The molecule has 6 nitrogen and oxygen atoms in total. The second-order valence-electron chi connectivity index (χ2n) is 6.26. The van der Waals surface area contributed by atoms with E-state index in [0.29, 0.717) is 11.1 Å². The van der Waals surface area contributed by atoms with Gasteiger partial charge in [0.25, 0.3) is 0 Å². The molecule has 0 aliphatic heterocycles. The van der Waals surface area contributed by atoms with E-state index in [2.05, 4.69) is 23.9 Å². The fourth-order valence-corrected chi connectivity index (χ4v) is 2.92. The summed E-state index contributed by atoms with van der Waals surface area (Å²) in [6.45, 7) is 7.47. The van der Waals surface area contributed by atoms with E-state index < -0.39 is 11.6 Å². The van der Waals surface area contributed by atoms with Crippen LogP contribution in [-0.2, 0) is 4.84 Å². The van der Waals surface area contributed by atoms with Gasteiger partial charge in [0.1, 0.15) is 5.58 Å². The minimum atomic E-state index is -0.589. The van der Waals surface area contributed by atoms with Crippen LogP contribution in [0.5, 0.6) is 0 Å². The van der Waals surface area contributed by atoms with E-state index in [1.165, 1.54) is 0 Å². The molecule has 144 valence electrons. The minimum absolute atomic E-state index is 0.254. The maximum atomic E-state index is 12.4. The van der Waals surface area contributed by atoms with E-state index in [1.54, 1.807) is 43.3 Å². The maximum Gasteiger partial charge on any atom is 0.365 e. The lowest BCUT2D eigenvalue weighted by Crippen LogP contribution is -2.21. The van der Waals surface area contributed by atoms with Gasteiger partial charge in [-0.1, -0.05) is 23.4 Å². The topological polar surface area (TPSA) is 72.1 Å². The molecule has 0 N–H and O–H groups in total. The average Bonchev–Trinajstić information content (AvgIpc) is 2.72. The lowest BCUT2D eigenvalue weighted by molar-refractivity contribution is 0.0516. The molecule has 1 heterocycles. The van der Waals surface area contributed by atoms with Crippen LogP contribution in [0.15, 0.2) is 69.0 Å². The van der Waals surface area contributed by atoms with Crippen molar-refractivity contribution in [3.8, 4) is 0 Å². The van der Waals surface area contributed by atoms with Gasteiger partial charge in [0.05, 0.1) is 16.8 Å². The van der Waals surface area contributed by atoms with Gasteiger partial charge in [0.15, 0.2) is 0 Å². The van der Waals surface area contributed by atoms with Gasteiger partial charge < -0.3 is 14.2 Å². The van der Waals surface area contributed by atoms with Crippen LogP contribution in [0.1, 0.15) is 36.7 Å². The Balaban J connectivity index is 1.88. The monoisotopic (exact) mass is 378 g/mol. The van der Waals surface area contributed by atoms with Crippen molar-refractivity contribution in [2.75, 3.05) is 18.0 Å². The normalized spacial score (nSPS) is 11.5. The molecule has 0 saturated heterocycles. The molecular weight excluding hydrogens is 356 g/mol. The molecule has 0 unspecified atom stereocenters. The molecule has 0 saturated carbocycles. The van der Waals surface area contributed by atoms with Crippen molar-refractivity contribution in [1.29, 1.82) is 0 Å². The number of hydrogen-bond donors (Lipinski definition) is 0. The van der Waals surface area contributed by atoms with E-state index in [9.17, 15) is 9.59 Å². The van der Waals surface area contributed by atoms with Gasteiger partial charge in [0, 0.05) is 30.2 Å². The Bertz CT molecular complexity index is 1070. The van der Waals surface area contributed by atoms with Crippen LogP contribution < -0.4 is 10.5 Å². The number of hydrogen-bond acceptors (Lipinski definition) is 6. The van der Waals surface area contributed by atoms with Gasteiger partial charge in [-0.15, -0.1) is 0 Å². The molecule has 0 spiro atoms. The van der Waals surface area contributed by atoms with E-state index >= 15 is 0 Å². The highest BCUT2D eigenvalue weighted by Gasteiger charge is 2.12. The van der Waals surface area contributed by atoms with Crippen LogP contribution in [0, 0.1) is 0 Å². The van der Waals surface area contributed by atoms with Crippen LogP contribution in [0.4, 0.5) is 5.69 Å². The average molecular weight is 378 g/mol. The Morgan fingerprint density at radius 2 is 1.79 bits per heavy atom. The Hall–Kier alpha value is -3.41. The third-order valence-corrected chi connectivity index (χ3v) is 4.51. The highest BCUT2D eigenvalue weighted by Crippen LogP contribution is 2.22. The summed E-state index contributed by atoms with van der Waals surface area (Å²) < 4.78 is 5.48. The molecule has 3 aromatic rings. The molecule has 3 rings (SSSR count). The van der Waals surface area contributed by atoms with Crippen LogP contribution in [0.25, 0.3) is 11.0 Å². The molecule has 6 heteroatoms. The summed E-state index contributed by atoms with van der Waals surface area (Å²) in [6.07, 6.45) is 0. The first-order valence-corrected chi connectivity index (χ1v) is 9.17. The quantitative estimate of drug-likeness (QED) is 0.278. The van der Waals surface area contributed by atoms with Crippen LogP contribution in [-0.4, -0.2) is 24.8 Å². The number of fused-ring (bicyclic) bond motifs is 1. The van der Waals surface area contributed by atoms with Crippen molar-refractivity contribution >= 4 is 28.3 Å². The predicted octanol–water partition coefficient (Wildman–Crippen LogP) is 4.22. The van der Waals surface area contributed by atoms with Crippen molar-refractivity contribution < 1.29 is 14.0 Å². The molecule has 0 atom stereocenters. The maximum absolute atomic E-state index is 12.4. The first-order chi connectivity index (χ1) is 13.5. The summed E-state index contributed by atoms with van der Waals surface area (Å²) in [5.74, 6) is -0.589. The minimum Gasteiger partial charge on any atom is -0.422 e. The Morgan fingerprint density at radius 3 is 2.46 bits per heavy atom. The number of carbonyl (C=O) groups is 1. The molecule has 1 aromatic heterocycles. The number of rotatable bonds is 6. The summed E-state index contributed by atoms with van der Waals surface area (Å²) in [4.78, 5) is 31.5. The smallest absolute Gasteiger partial charge is 0.365 e. The lowest BCUT2D eigenvalue weighted by Gasteiger charge is -2.21. The van der Waals surface area contributed by atoms with E-state index in [-0.39, 0.29) is 11.3 Å². The van der Waals surface area contributed by atoms with Crippen LogP contribution in [0.3, 0.4) is 0 Å². The van der Waals surface area contributed by atoms with Crippen molar-refractivity contribution in [3.05, 3.63) is 76.1 Å². The fraction of sp³-hybridized carbons (Fsp3) is 0.227. The molecule has 0 bridgehead atoms. The molecule has 28 heavy (non-hydrogen) atoms. The van der Waals surface area contributed by atoms with E-state index in [4.69, 9.17) is 9.25 Å². The molecule has 0 aliphatic carbocycles. The second kappa shape index (κ2) is 8.52. The van der Waals surface area contributed by atoms with Crippen molar-refractivity contribution in [2.24, 2.45) is 5.16 Å². The highest BCUT2D eigenvalue weighted by molar-refractivity contribution is 6.01. The zero-order chi connectivity index (χ0) is 20.1. The van der Waals surface area contributed by atoms with E-state index in [1.807, 2.05) is 18.2 Å². The number of anilines is 1. The summed E-state index contributed by atoms with van der Waals surface area (Å²) >= 11 is 0. The summed E-state index contributed by atoms with van der Waals surface area (Å²) in [5.41, 5.74) is 1.88. The highest BCUT2D eigenvalue weighted by atomic mass is 16.7. The first-order valence-electron chi connectivity index (χ1n) is 9.17. The van der Waals surface area contributed by atoms with E-state index in [0.717, 1.165) is 24.2 Å². The molecule has 2 aromatic carbocycles. The number of benzene rings is 2. The molecular formula is C22H22N2O4.